The predicted molar refractivity (Wildman–Crippen MR) is 103 cm³/mol. The van der Waals surface area contributed by atoms with Crippen LogP contribution in [0.3, 0.4) is 0 Å². The van der Waals surface area contributed by atoms with E-state index in [4.69, 9.17) is 4.74 Å². The molecule has 136 valence electrons. The van der Waals surface area contributed by atoms with Gasteiger partial charge in [-0.15, -0.1) is 0 Å². The average molecular weight is 352 g/mol. The van der Waals surface area contributed by atoms with E-state index >= 15 is 0 Å². The fourth-order valence-electron chi connectivity index (χ4n) is 3.34. The van der Waals surface area contributed by atoms with E-state index < -0.39 is 0 Å². The molecule has 0 saturated carbocycles. The molecule has 0 saturated heterocycles. The molecule has 0 aromatic heterocycles. The van der Waals surface area contributed by atoms with Crippen LogP contribution >= 0.6 is 0 Å². The zero-order chi connectivity index (χ0) is 18.5. The topological polar surface area (TPSA) is 49.9 Å². The fourth-order valence-corrected chi connectivity index (χ4v) is 3.34. The number of ether oxygens (including phenoxy) is 1. The third-order valence-electron chi connectivity index (χ3n) is 4.54. The largest absolute Gasteiger partial charge is 0.492 e. The van der Waals surface area contributed by atoms with E-state index in [2.05, 4.69) is 6.07 Å². The molecule has 26 heavy (non-hydrogen) atoms. The monoisotopic (exact) mass is 352 g/mol. The van der Waals surface area contributed by atoms with Crippen LogP contribution < -0.4 is 14.5 Å². The maximum atomic E-state index is 13.0. The number of carbonyl (C=O) groups excluding carboxylic acids is 2. The van der Waals surface area contributed by atoms with Crippen LogP contribution in [-0.2, 0) is 16.0 Å². The number of para-hydroxylation sites is 3. The van der Waals surface area contributed by atoms with E-state index in [1.54, 1.807) is 4.90 Å². The van der Waals surface area contributed by atoms with Gasteiger partial charge < -0.3 is 9.64 Å². The molecule has 1 heterocycles. The van der Waals surface area contributed by atoms with E-state index in [1.165, 1.54) is 17.4 Å². The second-order valence-electron chi connectivity index (χ2n) is 6.28. The van der Waals surface area contributed by atoms with Gasteiger partial charge in [-0.3, -0.25) is 14.5 Å². The van der Waals surface area contributed by atoms with Gasteiger partial charge in [-0.2, -0.15) is 0 Å². The Bertz CT molecular complexity index is 803. The third-order valence-corrected chi connectivity index (χ3v) is 4.54. The molecule has 2 amide bonds. The minimum Gasteiger partial charge on any atom is -0.492 e. The van der Waals surface area contributed by atoms with Crippen molar-refractivity contribution in [2.45, 2.75) is 26.7 Å². The van der Waals surface area contributed by atoms with Gasteiger partial charge in [-0.25, -0.2) is 0 Å². The van der Waals surface area contributed by atoms with Crippen molar-refractivity contribution < 1.29 is 14.3 Å². The Morgan fingerprint density at radius 2 is 1.85 bits per heavy atom. The van der Waals surface area contributed by atoms with Crippen molar-refractivity contribution in [1.82, 2.24) is 0 Å². The number of amides is 2. The number of anilines is 2. The molecule has 0 fully saturated rings. The molecule has 0 bridgehead atoms. The molecule has 2 aromatic carbocycles. The summed E-state index contributed by atoms with van der Waals surface area (Å²) in [5.74, 6) is 0.339. The highest BCUT2D eigenvalue weighted by atomic mass is 16.5. The molecule has 0 atom stereocenters. The first-order chi connectivity index (χ1) is 12.6. The van der Waals surface area contributed by atoms with Gasteiger partial charge in [-0.1, -0.05) is 30.3 Å². The van der Waals surface area contributed by atoms with Gasteiger partial charge in [0.05, 0.1) is 12.3 Å². The Labute approximate surface area is 154 Å². The van der Waals surface area contributed by atoms with E-state index in [1.807, 2.05) is 49.4 Å². The fraction of sp³-hybridized carbons (Fsp3) is 0.333. The standard InChI is InChI=1S/C21H24N2O3/c1-3-26-20-13-7-6-12-19(20)23(16(2)24)15-21(25)22-14-8-10-17-9-4-5-11-18(17)22/h4-7,9,11-13H,3,8,10,14-15H2,1-2H3. The maximum Gasteiger partial charge on any atom is 0.247 e. The van der Waals surface area contributed by atoms with Crippen LogP contribution in [0.2, 0.25) is 0 Å². The second-order valence-corrected chi connectivity index (χ2v) is 6.28. The summed E-state index contributed by atoms with van der Waals surface area (Å²) < 4.78 is 5.63. The molecule has 0 N–H and O–H groups in total. The van der Waals surface area contributed by atoms with Gasteiger partial charge in [0.1, 0.15) is 12.3 Å². The van der Waals surface area contributed by atoms with Gasteiger partial charge in [0, 0.05) is 19.2 Å². The van der Waals surface area contributed by atoms with Crippen molar-refractivity contribution in [1.29, 1.82) is 0 Å². The zero-order valence-corrected chi connectivity index (χ0v) is 15.3. The highest BCUT2D eigenvalue weighted by Gasteiger charge is 2.26. The molecule has 1 aliphatic heterocycles. The summed E-state index contributed by atoms with van der Waals surface area (Å²) in [5.41, 5.74) is 2.75. The van der Waals surface area contributed by atoms with Crippen LogP contribution in [0.1, 0.15) is 25.8 Å². The highest BCUT2D eigenvalue weighted by Crippen LogP contribution is 2.30. The number of hydrogen-bond donors (Lipinski definition) is 0. The Balaban J connectivity index is 1.86. The Kier molecular flexibility index (Phi) is 5.56. The molecule has 1 aliphatic rings. The van der Waals surface area contributed by atoms with E-state index in [0.717, 1.165) is 18.5 Å². The molecule has 0 unspecified atom stereocenters. The van der Waals surface area contributed by atoms with Crippen LogP contribution in [0.4, 0.5) is 11.4 Å². The Hall–Kier alpha value is -2.82. The Morgan fingerprint density at radius 3 is 2.62 bits per heavy atom. The summed E-state index contributed by atoms with van der Waals surface area (Å²) in [6.45, 7) is 4.53. The summed E-state index contributed by atoms with van der Waals surface area (Å²) in [4.78, 5) is 28.6. The molecule has 0 radical (unpaired) electrons. The van der Waals surface area contributed by atoms with Crippen LogP contribution in [0.25, 0.3) is 0 Å². The van der Waals surface area contributed by atoms with E-state index in [-0.39, 0.29) is 18.4 Å². The summed E-state index contributed by atoms with van der Waals surface area (Å²) in [6.07, 6.45) is 1.90. The minimum atomic E-state index is -0.184. The number of rotatable bonds is 5. The first kappa shape index (κ1) is 18.0. The molecule has 0 spiro atoms. The van der Waals surface area contributed by atoms with Crippen LogP contribution in [0.5, 0.6) is 5.75 Å². The lowest BCUT2D eigenvalue weighted by molar-refractivity contribution is -0.121. The zero-order valence-electron chi connectivity index (χ0n) is 15.3. The summed E-state index contributed by atoms with van der Waals surface area (Å²) in [6, 6.07) is 15.3. The van der Waals surface area contributed by atoms with Crippen LogP contribution in [-0.4, -0.2) is 31.5 Å². The molecule has 0 aliphatic carbocycles. The Morgan fingerprint density at radius 1 is 1.12 bits per heavy atom. The predicted octanol–water partition coefficient (Wildman–Crippen LogP) is 3.42. The normalized spacial score (nSPS) is 13.1. The second kappa shape index (κ2) is 8.04. The minimum absolute atomic E-state index is 0.00620. The van der Waals surface area contributed by atoms with Crippen LogP contribution in [0.15, 0.2) is 48.5 Å². The number of carbonyl (C=O) groups is 2. The lowest BCUT2D eigenvalue weighted by Crippen LogP contribution is -2.44. The van der Waals surface area contributed by atoms with Crippen molar-refractivity contribution in [3.8, 4) is 5.75 Å². The number of nitrogens with zero attached hydrogens (tertiary/aromatic N) is 2. The third kappa shape index (κ3) is 3.72. The first-order valence-corrected chi connectivity index (χ1v) is 9.00. The van der Waals surface area contributed by atoms with Gasteiger partial charge >= 0.3 is 0 Å². The van der Waals surface area contributed by atoms with Gasteiger partial charge in [0.15, 0.2) is 0 Å². The SMILES string of the molecule is CCOc1ccccc1N(CC(=O)N1CCCc2ccccc21)C(C)=O. The van der Waals surface area contributed by atoms with Gasteiger partial charge in [0.2, 0.25) is 11.8 Å². The lowest BCUT2D eigenvalue weighted by atomic mass is 10.0. The quantitative estimate of drug-likeness (QED) is 0.828. The molecule has 3 rings (SSSR count). The number of hydrogen-bond acceptors (Lipinski definition) is 3. The smallest absolute Gasteiger partial charge is 0.247 e. The average Bonchev–Trinajstić information content (AvgIpc) is 2.66. The summed E-state index contributed by atoms with van der Waals surface area (Å²) in [7, 11) is 0. The number of benzene rings is 2. The molecular weight excluding hydrogens is 328 g/mol. The van der Waals surface area contributed by atoms with Crippen LogP contribution in [0, 0.1) is 0 Å². The molecule has 2 aromatic rings. The van der Waals surface area contributed by atoms with Gasteiger partial charge in [0.25, 0.3) is 0 Å². The van der Waals surface area contributed by atoms with Crippen molar-refractivity contribution in [3.05, 3.63) is 54.1 Å². The molecule has 5 heteroatoms. The molecule has 5 nitrogen and oxygen atoms in total. The maximum absolute atomic E-state index is 13.0. The van der Waals surface area contributed by atoms with Crippen molar-refractivity contribution in [2.75, 3.05) is 29.5 Å². The number of aryl methyl sites for hydroxylation is 1. The van der Waals surface area contributed by atoms with Gasteiger partial charge in [-0.05, 0) is 43.5 Å². The van der Waals surface area contributed by atoms with Crippen molar-refractivity contribution in [3.63, 3.8) is 0 Å². The van der Waals surface area contributed by atoms with Crippen molar-refractivity contribution in [2.24, 2.45) is 0 Å². The van der Waals surface area contributed by atoms with E-state index in [9.17, 15) is 9.59 Å². The highest BCUT2D eigenvalue weighted by molar-refractivity contribution is 6.04. The van der Waals surface area contributed by atoms with E-state index in [0.29, 0.717) is 24.6 Å². The first-order valence-electron chi connectivity index (χ1n) is 9.00. The molecular formula is C21H24N2O3. The lowest BCUT2D eigenvalue weighted by Gasteiger charge is -2.32. The number of fused-ring (bicyclic) bond motifs is 1. The summed E-state index contributed by atoms with van der Waals surface area (Å²) in [5, 5.41) is 0. The summed E-state index contributed by atoms with van der Waals surface area (Å²) >= 11 is 0. The van der Waals surface area contributed by atoms with Crippen molar-refractivity contribution >= 4 is 23.2 Å².